The van der Waals surface area contributed by atoms with Crippen molar-refractivity contribution in [2.45, 2.75) is 18.9 Å². The lowest BCUT2D eigenvalue weighted by atomic mass is 9.98. The number of nitrogens with zero attached hydrogens (tertiary/aromatic N) is 1. The maximum atomic E-state index is 12.9. The topological polar surface area (TPSA) is 62.6 Å². The summed E-state index contributed by atoms with van der Waals surface area (Å²) >= 11 is 0. The van der Waals surface area contributed by atoms with Crippen molar-refractivity contribution in [3.8, 4) is 11.1 Å². The summed E-state index contributed by atoms with van der Waals surface area (Å²) in [5.74, 6) is -0.0907. The predicted octanol–water partition coefficient (Wildman–Crippen LogP) is 3.98. The first-order valence-electron chi connectivity index (χ1n) is 9.49. The van der Waals surface area contributed by atoms with Gasteiger partial charge < -0.3 is 14.6 Å². The molecule has 142 valence electrons. The summed E-state index contributed by atoms with van der Waals surface area (Å²) in [6.45, 7) is 1.24. The minimum atomic E-state index is -0.0703. The largest absolute Gasteiger partial charge is 0.472 e. The number of hydrogen-bond acceptors (Lipinski definition) is 3. The Balaban J connectivity index is 1.40. The number of carbonyl (C=O) groups excluding carboxylic acids is 2. The van der Waals surface area contributed by atoms with E-state index in [4.69, 9.17) is 4.42 Å². The average Bonchev–Trinajstić information content (AvgIpc) is 3.29. The van der Waals surface area contributed by atoms with Gasteiger partial charge in [0.1, 0.15) is 6.26 Å². The minimum Gasteiger partial charge on any atom is -0.472 e. The van der Waals surface area contributed by atoms with Gasteiger partial charge in [0.05, 0.1) is 11.8 Å². The number of carbonyl (C=O) groups is 2. The second-order valence-corrected chi connectivity index (χ2v) is 6.96. The molecule has 2 amide bonds. The van der Waals surface area contributed by atoms with Crippen molar-refractivity contribution in [3.05, 3.63) is 84.3 Å². The Labute approximate surface area is 164 Å². The van der Waals surface area contributed by atoms with Crippen LogP contribution in [0.2, 0.25) is 0 Å². The molecule has 3 aromatic rings. The number of benzene rings is 2. The van der Waals surface area contributed by atoms with Crippen LogP contribution in [0.15, 0.2) is 77.6 Å². The zero-order valence-corrected chi connectivity index (χ0v) is 15.5. The Morgan fingerprint density at radius 1 is 0.929 bits per heavy atom. The van der Waals surface area contributed by atoms with Crippen molar-refractivity contribution in [2.75, 3.05) is 13.1 Å². The first kappa shape index (κ1) is 18.0. The average molecular weight is 374 g/mol. The lowest BCUT2D eigenvalue weighted by Gasteiger charge is -2.32. The van der Waals surface area contributed by atoms with Crippen LogP contribution in [0.1, 0.15) is 33.6 Å². The van der Waals surface area contributed by atoms with Gasteiger partial charge in [-0.25, -0.2) is 0 Å². The summed E-state index contributed by atoms with van der Waals surface area (Å²) in [4.78, 5) is 27.1. The minimum absolute atomic E-state index is 0.0204. The van der Waals surface area contributed by atoms with Crippen molar-refractivity contribution in [1.29, 1.82) is 0 Å². The standard InChI is InChI=1S/C23H22N2O3/c26-22(21-9-5-4-8-20(21)17-6-2-1-3-7-17)24-19-10-13-25(14-11-19)23(27)18-12-15-28-16-18/h1-9,12,15-16,19H,10-11,13-14H2,(H,24,26). The number of rotatable bonds is 4. The van der Waals surface area contributed by atoms with Crippen molar-refractivity contribution in [3.63, 3.8) is 0 Å². The Hall–Kier alpha value is -3.34. The SMILES string of the molecule is O=C(NC1CCN(C(=O)c2ccoc2)CC1)c1ccccc1-c1ccccc1. The lowest BCUT2D eigenvalue weighted by Crippen LogP contribution is -2.46. The maximum absolute atomic E-state index is 12.9. The molecule has 5 nitrogen and oxygen atoms in total. The fraction of sp³-hybridized carbons (Fsp3) is 0.217. The highest BCUT2D eigenvalue weighted by molar-refractivity contribution is 6.01. The van der Waals surface area contributed by atoms with Gasteiger partial charge in [0, 0.05) is 24.7 Å². The molecule has 0 bridgehead atoms. The molecular formula is C23H22N2O3. The van der Waals surface area contributed by atoms with Gasteiger partial charge in [-0.1, -0.05) is 48.5 Å². The quantitative estimate of drug-likeness (QED) is 0.751. The van der Waals surface area contributed by atoms with Crippen LogP contribution in [-0.4, -0.2) is 35.8 Å². The molecule has 4 rings (SSSR count). The molecule has 1 N–H and O–H groups in total. The zero-order chi connectivity index (χ0) is 19.3. The highest BCUT2D eigenvalue weighted by Crippen LogP contribution is 2.24. The van der Waals surface area contributed by atoms with E-state index < -0.39 is 0 Å². The van der Waals surface area contributed by atoms with Crippen LogP contribution in [0, 0.1) is 0 Å². The summed E-state index contributed by atoms with van der Waals surface area (Å²) in [5.41, 5.74) is 3.19. The van der Waals surface area contributed by atoms with E-state index >= 15 is 0 Å². The maximum Gasteiger partial charge on any atom is 0.257 e. The Kier molecular flexibility index (Phi) is 5.24. The molecule has 1 aliphatic rings. The molecule has 0 atom stereocenters. The van der Waals surface area contributed by atoms with E-state index in [0.29, 0.717) is 24.2 Å². The Morgan fingerprint density at radius 3 is 2.36 bits per heavy atom. The molecule has 0 radical (unpaired) electrons. The van der Waals surface area contributed by atoms with Crippen LogP contribution in [0.4, 0.5) is 0 Å². The molecule has 0 aliphatic carbocycles. The van der Waals surface area contributed by atoms with Gasteiger partial charge in [-0.3, -0.25) is 9.59 Å². The Morgan fingerprint density at radius 2 is 1.64 bits per heavy atom. The second-order valence-electron chi connectivity index (χ2n) is 6.96. The van der Waals surface area contributed by atoms with E-state index in [2.05, 4.69) is 5.32 Å². The molecule has 28 heavy (non-hydrogen) atoms. The van der Waals surface area contributed by atoms with Crippen LogP contribution in [-0.2, 0) is 0 Å². The van der Waals surface area contributed by atoms with E-state index in [1.807, 2.05) is 59.5 Å². The molecule has 0 saturated carbocycles. The number of nitrogens with one attached hydrogen (secondary N) is 1. The highest BCUT2D eigenvalue weighted by Gasteiger charge is 2.25. The third-order valence-corrected chi connectivity index (χ3v) is 5.14. The molecule has 5 heteroatoms. The number of piperidine rings is 1. The first-order valence-corrected chi connectivity index (χ1v) is 9.49. The van der Waals surface area contributed by atoms with Crippen molar-refractivity contribution >= 4 is 11.8 Å². The van der Waals surface area contributed by atoms with Crippen molar-refractivity contribution in [1.82, 2.24) is 10.2 Å². The molecule has 0 unspecified atom stereocenters. The summed E-state index contributed by atoms with van der Waals surface area (Å²) in [6.07, 6.45) is 4.45. The fourth-order valence-corrected chi connectivity index (χ4v) is 3.61. The fourth-order valence-electron chi connectivity index (χ4n) is 3.61. The highest BCUT2D eigenvalue weighted by atomic mass is 16.3. The first-order chi connectivity index (χ1) is 13.7. The van der Waals surface area contributed by atoms with Crippen LogP contribution < -0.4 is 5.32 Å². The van der Waals surface area contributed by atoms with Crippen LogP contribution in [0.5, 0.6) is 0 Å². The van der Waals surface area contributed by atoms with Crippen LogP contribution >= 0.6 is 0 Å². The summed E-state index contributed by atoms with van der Waals surface area (Å²) in [7, 11) is 0. The molecule has 1 aromatic heterocycles. The van der Waals surface area contributed by atoms with Gasteiger partial charge in [0.15, 0.2) is 0 Å². The molecule has 2 aromatic carbocycles. The molecule has 1 fully saturated rings. The van der Waals surface area contributed by atoms with Gasteiger partial charge in [0.2, 0.25) is 0 Å². The molecule has 1 aliphatic heterocycles. The summed E-state index contributed by atoms with van der Waals surface area (Å²) < 4.78 is 4.99. The van der Waals surface area contributed by atoms with E-state index in [9.17, 15) is 9.59 Å². The third kappa shape index (κ3) is 3.83. The molecule has 1 saturated heterocycles. The van der Waals surface area contributed by atoms with Gasteiger partial charge in [0.25, 0.3) is 11.8 Å². The van der Waals surface area contributed by atoms with Gasteiger partial charge in [-0.2, -0.15) is 0 Å². The van der Waals surface area contributed by atoms with Crippen molar-refractivity contribution in [2.24, 2.45) is 0 Å². The Bertz CT molecular complexity index is 943. The molecule has 2 heterocycles. The van der Waals surface area contributed by atoms with E-state index in [0.717, 1.165) is 24.0 Å². The van der Waals surface area contributed by atoms with Crippen molar-refractivity contribution < 1.29 is 14.0 Å². The summed E-state index contributed by atoms with van der Waals surface area (Å²) in [6, 6.07) is 19.3. The zero-order valence-electron chi connectivity index (χ0n) is 15.5. The van der Waals surface area contributed by atoms with E-state index in [1.54, 1.807) is 6.07 Å². The number of amides is 2. The lowest BCUT2D eigenvalue weighted by molar-refractivity contribution is 0.0697. The smallest absolute Gasteiger partial charge is 0.257 e. The van der Waals surface area contributed by atoms with Gasteiger partial charge in [-0.05, 0) is 36.1 Å². The summed E-state index contributed by atoms with van der Waals surface area (Å²) in [5, 5.41) is 3.14. The monoisotopic (exact) mass is 374 g/mol. The number of hydrogen-bond donors (Lipinski definition) is 1. The number of furan rings is 1. The van der Waals surface area contributed by atoms with Crippen LogP contribution in [0.25, 0.3) is 11.1 Å². The van der Waals surface area contributed by atoms with Crippen LogP contribution in [0.3, 0.4) is 0 Å². The second kappa shape index (κ2) is 8.13. The normalized spacial score (nSPS) is 14.6. The molecule has 0 spiro atoms. The van der Waals surface area contributed by atoms with E-state index in [-0.39, 0.29) is 17.9 Å². The third-order valence-electron chi connectivity index (χ3n) is 5.14. The molecular weight excluding hydrogens is 352 g/mol. The van der Waals surface area contributed by atoms with E-state index in [1.165, 1.54) is 12.5 Å². The van der Waals surface area contributed by atoms with Gasteiger partial charge in [-0.15, -0.1) is 0 Å². The number of likely N-dealkylation sites (tertiary alicyclic amines) is 1. The van der Waals surface area contributed by atoms with Gasteiger partial charge >= 0.3 is 0 Å². The predicted molar refractivity (Wildman–Crippen MR) is 107 cm³/mol.